The molecule has 1 aromatic carbocycles. The van der Waals surface area contributed by atoms with Crippen molar-refractivity contribution in [2.24, 2.45) is 0 Å². The lowest BCUT2D eigenvalue weighted by atomic mass is 10.1. The molecule has 0 atom stereocenters. The Balaban J connectivity index is 1.66. The number of nitrogens with zero attached hydrogens (tertiary/aromatic N) is 2. The summed E-state index contributed by atoms with van der Waals surface area (Å²) in [5.74, 6) is -0.144. The number of thiophene rings is 1. The molecule has 0 unspecified atom stereocenters. The average Bonchev–Trinajstić information content (AvgIpc) is 3.10. The third-order valence-corrected chi connectivity index (χ3v) is 4.63. The predicted molar refractivity (Wildman–Crippen MR) is 100 cm³/mol. The lowest BCUT2D eigenvalue weighted by Gasteiger charge is -2.09. The van der Waals surface area contributed by atoms with Gasteiger partial charge in [0, 0.05) is 18.2 Å². The van der Waals surface area contributed by atoms with Crippen molar-refractivity contribution in [2.45, 2.75) is 20.4 Å². The zero-order valence-electron chi connectivity index (χ0n) is 14.2. The average molecular weight is 353 g/mol. The van der Waals surface area contributed by atoms with Crippen molar-refractivity contribution in [3.63, 3.8) is 0 Å². The van der Waals surface area contributed by atoms with Crippen molar-refractivity contribution >= 4 is 17.2 Å². The van der Waals surface area contributed by atoms with Gasteiger partial charge in [-0.15, -0.1) is 11.3 Å². The maximum absolute atomic E-state index is 12.3. The molecule has 128 valence electrons. The van der Waals surface area contributed by atoms with E-state index >= 15 is 0 Å². The predicted octanol–water partition coefficient (Wildman–Crippen LogP) is 3.02. The Morgan fingerprint density at radius 3 is 2.60 bits per heavy atom. The zero-order valence-corrected chi connectivity index (χ0v) is 15.0. The van der Waals surface area contributed by atoms with Crippen LogP contribution in [0.25, 0.3) is 10.6 Å². The fraction of sp³-hybridized carbons (Fsp3) is 0.211. The highest BCUT2D eigenvalue weighted by Crippen LogP contribution is 2.20. The lowest BCUT2D eigenvalue weighted by Crippen LogP contribution is -2.32. The van der Waals surface area contributed by atoms with Crippen molar-refractivity contribution in [3.8, 4) is 10.6 Å². The molecule has 5 nitrogen and oxygen atoms in total. The first kappa shape index (κ1) is 17.1. The minimum absolute atomic E-state index is 0.144. The fourth-order valence-corrected chi connectivity index (χ4v) is 3.34. The molecule has 2 heterocycles. The number of hydrogen-bond donors (Lipinski definition) is 1. The molecule has 0 aliphatic carbocycles. The highest BCUT2D eigenvalue weighted by Gasteiger charge is 2.08. The molecule has 0 fully saturated rings. The van der Waals surface area contributed by atoms with Gasteiger partial charge in [0.25, 0.3) is 11.5 Å². The van der Waals surface area contributed by atoms with Crippen LogP contribution < -0.4 is 10.9 Å². The molecule has 2 aromatic heterocycles. The minimum Gasteiger partial charge on any atom is -0.350 e. The first-order valence-corrected chi connectivity index (χ1v) is 8.89. The van der Waals surface area contributed by atoms with Gasteiger partial charge >= 0.3 is 0 Å². The summed E-state index contributed by atoms with van der Waals surface area (Å²) in [6.07, 6.45) is 0. The van der Waals surface area contributed by atoms with Gasteiger partial charge in [-0.1, -0.05) is 23.3 Å². The molecule has 0 aliphatic heterocycles. The molecule has 0 saturated heterocycles. The van der Waals surface area contributed by atoms with E-state index in [1.807, 2.05) is 49.6 Å². The zero-order chi connectivity index (χ0) is 17.8. The molecule has 1 N–H and O–H groups in total. The summed E-state index contributed by atoms with van der Waals surface area (Å²) in [4.78, 5) is 25.2. The number of benzene rings is 1. The van der Waals surface area contributed by atoms with E-state index in [9.17, 15) is 9.59 Å². The van der Waals surface area contributed by atoms with Gasteiger partial charge in [0.05, 0.1) is 11.4 Å². The van der Waals surface area contributed by atoms with Gasteiger partial charge in [0.1, 0.15) is 5.69 Å². The van der Waals surface area contributed by atoms with E-state index in [4.69, 9.17) is 0 Å². The molecule has 3 aromatic rings. The van der Waals surface area contributed by atoms with Gasteiger partial charge in [0.2, 0.25) is 0 Å². The van der Waals surface area contributed by atoms with Crippen LogP contribution >= 0.6 is 11.3 Å². The van der Waals surface area contributed by atoms with Crippen LogP contribution in [0.1, 0.15) is 21.5 Å². The van der Waals surface area contributed by atoms with E-state index in [0.717, 1.165) is 21.7 Å². The van der Waals surface area contributed by atoms with E-state index < -0.39 is 0 Å². The number of aryl methyl sites for hydroxylation is 2. The molecule has 0 spiro atoms. The van der Waals surface area contributed by atoms with Gasteiger partial charge in [-0.25, -0.2) is 4.68 Å². The van der Waals surface area contributed by atoms with E-state index in [0.29, 0.717) is 18.7 Å². The Morgan fingerprint density at radius 1 is 1.16 bits per heavy atom. The molecule has 25 heavy (non-hydrogen) atoms. The molecule has 6 heteroatoms. The number of aromatic nitrogens is 2. The highest BCUT2D eigenvalue weighted by molar-refractivity contribution is 7.13. The monoisotopic (exact) mass is 353 g/mol. The first-order valence-electron chi connectivity index (χ1n) is 8.01. The Bertz CT molecular complexity index is 925. The maximum Gasteiger partial charge on any atom is 0.266 e. The number of carbonyl (C=O) groups excluding carboxylic acids is 1. The van der Waals surface area contributed by atoms with Crippen LogP contribution in [0.4, 0.5) is 0 Å². The fourth-order valence-electron chi connectivity index (χ4n) is 2.65. The molecule has 0 radical (unpaired) electrons. The first-order chi connectivity index (χ1) is 12.0. The number of amides is 1. The summed E-state index contributed by atoms with van der Waals surface area (Å²) in [5.41, 5.74) is 3.31. The van der Waals surface area contributed by atoms with Crippen molar-refractivity contribution in [1.29, 1.82) is 0 Å². The Kier molecular flexibility index (Phi) is 5.09. The van der Waals surface area contributed by atoms with E-state index in [-0.39, 0.29) is 11.5 Å². The normalized spacial score (nSPS) is 10.6. The number of carbonyl (C=O) groups is 1. The van der Waals surface area contributed by atoms with Gasteiger partial charge in [0.15, 0.2) is 0 Å². The van der Waals surface area contributed by atoms with Crippen LogP contribution in [0.2, 0.25) is 0 Å². The van der Waals surface area contributed by atoms with Crippen LogP contribution in [0.3, 0.4) is 0 Å². The largest absolute Gasteiger partial charge is 0.350 e. The quantitative estimate of drug-likeness (QED) is 0.767. The van der Waals surface area contributed by atoms with Gasteiger partial charge in [-0.3, -0.25) is 9.59 Å². The lowest BCUT2D eigenvalue weighted by molar-refractivity contribution is 0.0951. The molecule has 3 rings (SSSR count). The molecular weight excluding hydrogens is 334 g/mol. The second-order valence-corrected chi connectivity index (χ2v) is 6.84. The van der Waals surface area contributed by atoms with Gasteiger partial charge < -0.3 is 5.32 Å². The topological polar surface area (TPSA) is 64.0 Å². The van der Waals surface area contributed by atoms with Crippen molar-refractivity contribution in [2.75, 3.05) is 6.54 Å². The standard InChI is InChI=1S/C19H19N3O2S/c1-13-10-14(2)12-15(11-13)19(24)20-7-8-22-18(23)6-5-16(21-22)17-4-3-9-25-17/h3-6,9-12H,7-8H2,1-2H3,(H,20,24). The summed E-state index contributed by atoms with van der Waals surface area (Å²) in [7, 11) is 0. The Morgan fingerprint density at radius 2 is 1.92 bits per heavy atom. The van der Waals surface area contributed by atoms with E-state index in [2.05, 4.69) is 10.4 Å². The van der Waals surface area contributed by atoms with Crippen LogP contribution in [0.15, 0.2) is 52.6 Å². The number of nitrogens with one attached hydrogen (secondary N) is 1. The van der Waals surface area contributed by atoms with Gasteiger partial charge in [-0.2, -0.15) is 5.10 Å². The maximum atomic E-state index is 12.3. The Hall–Kier alpha value is -2.73. The third kappa shape index (κ3) is 4.22. The van der Waals surface area contributed by atoms with Gasteiger partial charge in [-0.05, 0) is 43.5 Å². The van der Waals surface area contributed by atoms with Crippen molar-refractivity contribution < 1.29 is 4.79 Å². The highest BCUT2D eigenvalue weighted by atomic mass is 32.1. The van der Waals surface area contributed by atoms with E-state index in [1.165, 1.54) is 10.7 Å². The number of rotatable bonds is 5. The van der Waals surface area contributed by atoms with Crippen LogP contribution in [0, 0.1) is 13.8 Å². The molecule has 1 amide bonds. The third-order valence-electron chi connectivity index (χ3n) is 3.73. The van der Waals surface area contributed by atoms with Crippen LogP contribution in [-0.4, -0.2) is 22.2 Å². The molecule has 0 bridgehead atoms. The second kappa shape index (κ2) is 7.44. The molecule has 0 saturated carbocycles. The van der Waals surface area contributed by atoms with Crippen LogP contribution in [-0.2, 0) is 6.54 Å². The van der Waals surface area contributed by atoms with Crippen LogP contribution in [0.5, 0.6) is 0 Å². The molecule has 0 aliphatic rings. The summed E-state index contributed by atoms with van der Waals surface area (Å²) in [6, 6.07) is 12.9. The Labute approximate surface area is 150 Å². The minimum atomic E-state index is -0.180. The summed E-state index contributed by atoms with van der Waals surface area (Å²) in [6.45, 7) is 4.59. The van der Waals surface area contributed by atoms with E-state index in [1.54, 1.807) is 17.4 Å². The smallest absolute Gasteiger partial charge is 0.266 e. The number of hydrogen-bond acceptors (Lipinski definition) is 4. The second-order valence-electron chi connectivity index (χ2n) is 5.89. The van der Waals surface area contributed by atoms with Crippen molar-refractivity contribution in [3.05, 3.63) is 74.9 Å². The summed E-state index contributed by atoms with van der Waals surface area (Å²) < 4.78 is 1.39. The summed E-state index contributed by atoms with van der Waals surface area (Å²) >= 11 is 1.57. The SMILES string of the molecule is Cc1cc(C)cc(C(=O)NCCn2nc(-c3cccs3)ccc2=O)c1. The summed E-state index contributed by atoms with van der Waals surface area (Å²) in [5, 5.41) is 9.19. The van der Waals surface area contributed by atoms with Crippen molar-refractivity contribution in [1.82, 2.24) is 15.1 Å². The molecular formula is C19H19N3O2S.